The summed E-state index contributed by atoms with van der Waals surface area (Å²) in [6, 6.07) is 7.97. The number of piperidine rings is 1. The Morgan fingerprint density at radius 3 is 2.65 bits per heavy atom. The number of fused-ring (bicyclic) bond motifs is 1. The van der Waals surface area contributed by atoms with Crippen LogP contribution in [0.1, 0.15) is 51.1 Å². The van der Waals surface area contributed by atoms with Crippen LogP contribution in [0, 0.1) is 0 Å². The number of hydrogen-bond acceptors (Lipinski definition) is 7. The van der Waals surface area contributed by atoms with Crippen molar-refractivity contribution >= 4 is 29.4 Å². The Labute approximate surface area is 179 Å². The predicted molar refractivity (Wildman–Crippen MR) is 112 cm³/mol. The quantitative estimate of drug-likeness (QED) is 0.567. The first-order valence-corrected chi connectivity index (χ1v) is 10.2. The van der Waals surface area contributed by atoms with E-state index in [0.717, 1.165) is 28.9 Å². The summed E-state index contributed by atoms with van der Waals surface area (Å²) >= 11 is 0. The zero-order chi connectivity index (χ0) is 22.0. The number of amides is 4. The summed E-state index contributed by atoms with van der Waals surface area (Å²) in [6.07, 6.45) is 3.73. The van der Waals surface area contributed by atoms with Crippen LogP contribution in [0.15, 0.2) is 36.5 Å². The molecule has 31 heavy (non-hydrogen) atoms. The number of nitrogens with zero attached hydrogens (tertiary/aromatic N) is 2. The highest BCUT2D eigenvalue weighted by Crippen LogP contribution is 2.28. The molecule has 1 aromatic carbocycles. The van der Waals surface area contributed by atoms with Crippen LogP contribution >= 0.6 is 0 Å². The molecule has 160 valence electrons. The van der Waals surface area contributed by atoms with Gasteiger partial charge in [0.15, 0.2) is 0 Å². The van der Waals surface area contributed by atoms with Crippen LogP contribution in [0.5, 0.6) is 0 Å². The van der Waals surface area contributed by atoms with E-state index >= 15 is 0 Å². The lowest BCUT2D eigenvalue weighted by atomic mass is 10.0. The summed E-state index contributed by atoms with van der Waals surface area (Å²) in [5, 5.41) is 5.42. The third kappa shape index (κ3) is 4.17. The second kappa shape index (κ2) is 8.65. The molecule has 1 atom stereocenters. The van der Waals surface area contributed by atoms with Crippen LogP contribution in [-0.4, -0.2) is 46.1 Å². The fraction of sp³-hybridized carbons (Fsp3) is 0.318. The minimum atomic E-state index is -0.966. The highest BCUT2D eigenvalue weighted by Gasteiger charge is 2.44. The van der Waals surface area contributed by atoms with Gasteiger partial charge < -0.3 is 11.1 Å². The summed E-state index contributed by atoms with van der Waals surface area (Å²) in [5.74, 6) is -1.33. The molecule has 1 fully saturated rings. The number of pyridine rings is 1. The highest BCUT2D eigenvalue weighted by molar-refractivity contribution is 6.23. The van der Waals surface area contributed by atoms with Crippen LogP contribution in [0.25, 0.3) is 0 Å². The summed E-state index contributed by atoms with van der Waals surface area (Å²) in [6.45, 7) is 1.04. The van der Waals surface area contributed by atoms with Gasteiger partial charge in [-0.3, -0.25) is 29.4 Å². The first kappa shape index (κ1) is 20.7. The number of rotatable bonds is 7. The van der Waals surface area contributed by atoms with E-state index in [4.69, 9.17) is 5.73 Å². The minimum absolute atomic E-state index is 0.0936. The molecule has 0 saturated carbocycles. The van der Waals surface area contributed by atoms with E-state index in [1.54, 1.807) is 24.4 Å². The van der Waals surface area contributed by atoms with Gasteiger partial charge in [-0.25, -0.2) is 4.98 Å². The van der Waals surface area contributed by atoms with Crippen molar-refractivity contribution in [2.45, 2.75) is 38.3 Å². The van der Waals surface area contributed by atoms with Gasteiger partial charge in [0.25, 0.3) is 11.8 Å². The molecule has 4 rings (SSSR count). The van der Waals surface area contributed by atoms with Crippen molar-refractivity contribution in [3.05, 3.63) is 58.8 Å². The second-order valence-corrected chi connectivity index (χ2v) is 7.62. The van der Waals surface area contributed by atoms with E-state index in [1.807, 2.05) is 12.1 Å². The molecular weight excluding hydrogens is 398 g/mol. The molecule has 2 aromatic rings. The van der Waals surface area contributed by atoms with Gasteiger partial charge in [-0.15, -0.1) is 0 Å². The van der Waals surface area contributed by atoms with Crippen molar-refractivity contribution in [3.8, 4) is 0 Å². The monoisotopic (exact) mass is 421 g/mol. The van der Waals surface area contributed by atoms with E-state index in [-0.39, 0.29) is 24.0 Å². The maximum Gasteiger partial charge on any atom is 0.262 e. The minimum Gasteiger partial charge on any atom is -0.366 e. The molecule has 1 aromatic heterocycles. The fourth-order valence-electron chi connectivity index (χ4n) is 3.85. The van der Waals surface area contributed by atoms with Gasteiger partial charge in [0, 0.05) is 19.2 Å². The van der Waals surface area contributed by atoms with E-state index in [9.17, 15) is 19.2 Å². The first-order chi connectivity index (χ1) is 15.0. The lowest BCUT2D eigenvalue weighted by Gasteiger charge is -2.27. The lowest BCUT2D eigenvalue weighted by molar-refractivity contribution is -0.136. The molecule has 1 saturated heterocycles. The van der Waals surface area contributed by atoms with E-state index in [2.05, 4.69) is 15.6 Å². The van der Waals surface area contributed by atoms with Gasteiger partial charge in [0.1, 0.15) is 11.9 Å². The van der Waals surface area contributed by atoms with E-state index in [0.29, 0.717) is 18.9 Å². The molecule has 4 N–H and O–H groups in total. The maximum atomic E-state index is 12.9. The van der Waals surface area contributed by atoms with Crippen LogP contribution in [0.2, 0.25) is 0 Å². The van der Waals surface area contributed by atoms with Crippen LogP contribution in [0.4, 0.5) is 5.82 Å². The largest absolute Gasteiger partial charge is 0.366 e. The number of imide groups is 2. The average Bonchev–Trinajstić information content (AvgIpc) is 3.01. The Balaban J connectivity index is 1.47. The van der Waals surface area contributed by atoms with Crippen molar-refractivity contribution in [1.82, 2.24) is 15.2 Å². The molecule has 4 amide bonds. The number of anilines is 1. The molecule has 0 aliphatic carbocycles. The molecule has 9 nitrogen and oxygen atoms in total. The predicted octanol–water partition coefficient (Wildman–Crippen LogP) is 0.986. The average molecular weight is 421 g/mol. The Hall–Kier alpha value is -3.59. The lowest BCUT2D eigenvalue weighted by Crippen LogP contribution is -2.54. The number of carbonyl (C=O) groups is 4. The number of hydrogen-bond donors (Lipinski definition) is 3. The topological polar surface area (TPSA) is 134 Å². The maximum absolute atomic E-state index is 12.9. The van der Waals surface area contributed by atoms with Crippen molar-refractivity contribution in [2.75, 3.05) is 11.9 Å². The molecule has 1 unspecified atom stereocenters. The SMILES string of the molecule is NCCCc1ccnc(NCc2ccc3c(c2)C(=O)N(C2CCC(=O)NC2=O)C3=O)c1. The number of nitrogens with two attached hydrogens (primary N) is 1. The second-order valence-electron chi connectivity index (χ2n) is 7.62. The van der Waals surface area contributed by atoms with E-state index in [1.165, 1.54) is 0 Å². The summed E-state index contributed by atoms with van der Waals surface area (Å²) in [7, 11) is 0. The number of aryl methyl sites for hydroxylation is 1. The molecule has 2 aliphatic heterocycles. The first-order valence-electron chi connectivity index (χ1n) is 10.2. The summed E-state index contributed by atoms with van der Waals surface area (Å²) < 4.78 is 0. The molecular formula is C22H23N5O4. The van der Waals surface area contributed by atoms with Gasteiger partial charge in [0.05, 0.1) is 11.1 Å². The fourth-order valence-corrected chi connectivity index (χ4v) is 3.85. The van der Waals surface area contributed by atoms with Crippen LogP contribution in [-0.2, 0) is 22.6 Å². The molecule has 0 spiro atoms. The van der Waals surface area contributed by atoms with Crippen LogP contribution in [0.3, 0.4) is 0 Å². The van der Waals surface area contributed by atoms with Gasteiger partial charge in [-0.1, -0.05) is 6.07 Å². The highest BCUT2D eigenvalue weighted by atomic mass is 16.2. The summed E-state index contributed by atoms with van der Waals surface area (Å²) in [4.78, 5) is 54.5. The Bertz CT molecular complexity index is 1070. The van der Waals surface area contributed by atoms with Gasteiger partial charge in [-0.05, 0) is 61.2 Å². The Morgan fingerprint density at radius 1 is 1.06 bits per heavy atom. The van der Waals surface area contributed by atoms with Crippen LogP contribution < -0.4 is 16.4 Å². The number of carbonyl (C=O) groups excluding carboxylic acids is 4. The zero-order valence-electron chi connectivity index (χ0n) is 16.9. The molecule has 9 heteroatoms. The molecule has 0 radical (unpaired) electrons. The molecule has 2 aliphatic rings. The van der Waals surface area contributed by atoms with Gasteiger partial charge in [0.2, 0.25) is 11.8 Å². The standard InChI is InChI=1S/C22H23N5O4/c23-8-1-2-13-7-9-24-18(11-13)25-12-14-3-4-15-16(10-14)22(31)27(21(15)30)17-5-6-19(28)26-20(17)29/h3-4,7,9-11,17H,1-2,5-6,8,12,23H2,(H,24,25)(H,26,28,29). The molecule has 0 bridgehead atoms. The third-order valence-corrected chi connectivity index (χ3v) is 5.47. The zero-order valence-corrected chi connectivity index (χ0v) is 16.9. The normalized spacial score (nSPS) is 18.2. The van der Waals surface area contributed by atoms with Crippen molar-refractivity contribution in [2.24, 2.45) is 5.73 Å². The summed E-state index contributed by atoms with van der Waals surface area (Å²) in [5.41, 5.74) is 8.03. The van der Waals surface area contributed by atoms with Gasteiger partial charge >= 0.3 is 0 Å². The smallest absolute Gasteiger partial charge is 0.262 e. The van der Waals surface area contributed by atoms with E-state index < -0.39 is 29.7 Å². The number of aromatic nitrogens is 1. The molecule has 3 heterocycles. The third-order valence-electron chi connectivity index (χ3n) is 5.47. The van der Waals surface area contributed by atoms with Gasteiger partial charge in [-0.2, -0.15) is 0 Å². The van der Waals surface area contributed by atoms with Crippen molar-refractivity contribution in [3.63, 3.8) is 0 Å². The number of benzene rings is 1. The Morgan fingerprint density at radius 2 is 1.87 bits per heavy atom. The number of nitrogens with one attached hydrogen (secondary N) is 2. The van der Waals surface area contributed by atoms with Crippen molar-refractivity contribution in [1.29, 1.82) is 0 Å². The Kier molecular flexibility index (Phi) is 5.77. The van der Waals surface area contributed by atoms with Crippen molar-refractivity contribution < 1.29 is 19.2 Å².